The van der Waals surface area contributed by atoms with E-state index in [2.05, 4.69) is 0 Å². The van der Waals surface area contributed by atoms with E-state index in [-0.39, 0.29) is 23.2 Å². The first-order valence-corrected chi connectivity index (χ1v) is 4.76. The molecule has 0 aliphatic carbocycles. The zero-order valence-electron chi connectivity index (χ0n) is 9.12. The number of amides is 1. The lowest BCUT2D eigenvalue weighted by Gasteiger charge is -2.22. The fraction of sp³-hybridized carbons (Fsp3) is 0.364. The third-order valence-electron chi connectivity index (χ3n) is 2.38. The van der Waals surface area contributed by atoms with E-state index in [1.807, 2.05) is 13.8 Å². The Kier molecular flexibility index (Phi) is 3.29. The summed E-state index contributed by atoms with van der Waals surface area (Å²) in [4.78, 5) is 13.4. The van der Waals surface area contributed by atoms with Crippen LogP contribution in [0.4, 0.5) is 10.1 Å². The van der Waals surface area contributed by atoms with Crippen molar-refractivity contribution in [3.05, 3.63) is 29.6 Å². The van der Waals surface area contributed by atoms with Crippen LogP contribution in [0.1, 0.15) is 24.2 Å². The number of anilines is 1. The number of halogens is 1. The van der Waals surface area contributed by atoms with Crippen LogP contribution in [-0.4, -0.2) is 23.9 Å². The standard InChI is InChI=1S/C11H15FN2O/c1-7(2)14(3)11(15)8-5-4-6-9(12)10(8)13/h4-7H,13H2,1-3H3. The molecule has 1 aromatic carbocycles. The van der Waals surface area contributed by atoms with Crippen LogP contribution in [0, 0.1) is 5.82 Å². The average molecular weight is 210 g/mol. The van der Waals surface area contributed by atoms with E-state index < -0.39 is 5.82 Å². The molecule has 0 unspecified atom stereocenters. The first-order valence-electron chi connectivity index (χ1n) is 4.76. The highest BCUT2D eigenvalue weighted by Gasteiger charge is 2.18. The lowest BCUT2D eigenvalue weighted by Crippen LogP contribution is -2.33. The van der Waals surface area contributed by atoms with Crippen LogP contribution in [0.25, 0.3) is 0 Å². The van der Waals surface area contributed by atoms with Crippen molar-refractivity contribution in [2.45, 2.75) is 19.9 Å². The highest BCUT2D eigenvalue weighted by Crippen LogP contribution is 2.17. The van der Waals surface area contributed by atoms with Gasteiger partial charge in [0.1, 0.15) is 5.82 Å². The van der Waals surface area contributed by atoms with Crippen molar-refractivity contribution >= 4 is 11.6 Å². The second kappa shape index (κ2) is 4.29. The van der Waals surface area contributed by atoms with E-state index in [1.165, 1.54) is 23.1 Å². The van der Waals surface area contributed by atoms with Crippen LogP contribution < -0.4 is 5.73 Å². The van der Waals surface area contributed by atoms with Crippen LogP contribution >= 0.6 is 0 Å². The molecule has 82 valence electrons. The van der Waals surface area contributed by atoms with Gasteiger partial charge in [-0.15, -0.1) is 0 Å². The second-order valence-corrected chi connectivity index (χ2v) is 3.71. The molecule has 0 spiro atoms. The molecule has 0 aliphatic heterocycles. The predicted molar refractivity (Wildman–Crippen MR) is 58.0 cm³/mol. The Morgan fingerprint density at radius 3 is 2.60 bits per heavy atom. The van der Waals surface area contributed by atoms with E-state index in [9.17, 15) is 9.18 Å². The highest BCUT2D eigenvalue weighted by atomic mass is 19.1. The minimum absolute atomic E-state index is 0.0557. The number of hydrogen-bond donors (Lipinski definition) is 1. The number of nitrogen functional groups attached to an aromatic ring is 1. The number of rotatable bonds is 2. The fourth-order valence-corrected chi connectivity index (χ4v) is 1.15. The minimum atomic E-state index is -0.557. The number of benzene rings is 1. The monoisotopic (exact) mass is 210 g/mol. The SMILES string of the molecule is CC(C)N(C)C(=O)c1cccc(F)c1N. The molecule has 0 fully saturated rings. The third-order valence-corrected chi connectivity index (χ3v) is 2.38. The predicted octanol–water partition coefficient (Wildman–Crippen LogP) is 1.89. The van der Waals surface area contributed by atoms with Crippen molar-refractivity contribution < 1.29 is 9.18 Å². The van der Waals surface area contributed by atoms with Crippen molar-refractivity contribution in [3.63, 3.8) is 0 Å². The fourth-order valence-electron chi connectivity index (χ4n) is 1.15. The number of carbonyl (C=O) groups excluding carboxylic acids is 1. The topological polar surface area (TPSA) is 46.3 Å². The summed E-state index contributed by atoms with van der Waals surface area (Å²) in [5.41, 5.74) is 5.63. The molecule has 0 bridgehead atoms. The number of nitrogens with two attached hydrogens (primary N) is 1. The quantitative estimate of drug-likeness (QED) is 0.758. The van der Waals surface area contributed by atoms with Crippen LogP contribution in [0.5, 0.6) is 0 Å². The van der Waals surface area contributed by atoms with Gasteiger partial charge < -0.3 is 10.6 Å². The van der Waals surface area contributed by atoms with Crippen molar-refractivity contribution in [2.75, 3.05) is 12.8 Å². The summed E-state index contributed by atoms with van der Waals surface area (Å²) in [5, 5.41) is 0. The molecular formula is C11H15FN2O. The Morgan fingerprint density at radius 1 is 1.47 bits per heavy atom. The number of nitrogens with zero attached hydrogens (tertiary/aromatic N) is 1. The molecule has 1 rings (SSSR count). The molecule has 4 heteroatoms. The van der Waals surface area contributed by atoms with Crippen LogP contribution in [-0.2, 0) is 0 Å². The lowest BCUT2D eigenvalue weighted by atomic mass is 10.1. The summed E-state index contributed by atoms with van der Waals surface area (Å²) in [6.45, 7) is 3.76. The summed E-state index contributed by atoms with van der Waals surface area (Å²) >= 11 is 0. The normalized spacial score (nSPS) is 10.5. The lowest BCUT2D eigenvalue weighted by molar-refractivity contribution is 0.0755. The second-order valence-electron chi connectivity index (χ2n) is 3.71. The maximum atomic E-state index is 13.1. The average Bonchev–Trinajstić information content (AvgIpc) is 2.20. The first-order chi connectivity index (χ1) is 6.95. The number of para-hydroxylation sites is 1. The molecule has 0 aromatic heterocycles. The van der Waals surface area contributed by atoms with E-state index in [0.717, 1.165) is 0 Å². The number of carbonyl (C=O) groups is 1. The summed E-state index contributed by atoms with van der Waals surface area (Å²) in [5.74, 6) is -0.819. The van der Waals surface area contributed by atoms with Gasteiger partial charge in [-0.2, -0.15) is 0 Å². The van der Waals surface area contributed by atoms with Crippen molar-refractivity contribution in [2.24, 2.45) is 0 Å². The molecule has 3 nitrogen and oxygen atoms in total. The van der Waals surface area contributed by atoms with Gasteiger partial charge >= 0.3 is 0 Å². The Bertz CT molecular complexity index is 377. The highest BCUT2D eigenvalue weighted by molar-refractivity contribution is 5.99. The Labute approximate surface area is 88.7 Å². The smallest absolute Gasteiger partial charge is 0.256 e. The maximum absolute atomic E-state index is 13.1. The van der Waals surface area contributed by atoms with Gasteiger partial charge in [-0.05, 0) is 26.0 Å². The van der Waals surface area contributed by atoms with Gasteiger partial charge in [0, 0.05) is 13.1 Å². The van der Waals surface area contributed by atoms with Crippen molar-refractivity contribution in [1.82, 2.24) is 4.90 Å². The molecule has 2 N–H and O–H groups in total. The van der Waals surface area contributed by atoms with Gasteiger partial charge in [0.25, 0.3) is 5.91 Å². The maximum Gasteiger partial charge on any atom is 0.256 e. The third kappa shape index (κ3) is 2.26. The van der Waals surface area contributed by atoms with E-state index in [1.54, 1.807) is 7.05 Å². The van der Waals surface area contributed by atoms with Crippen LogP contribution in [0.2, 0.25) is 0 Å². The first kappa shape index (κ1) is 11.5. The summed E-state index contributed by atoms with van der Waals surface area (Å²) in [6, 6.07) is 4.30. The Morgan fingerprint density at radius 2 is 2.07 bits per heavy atom. The van der Waals surface area contributed by atoms with Gasteiger partial charge in [0.05, 0.1) is 11.3 Å². The van der Waals surface area contributed by atoms with Gasteiger partial charge in [0.15, 0.2) is 0 Å². The van der Waals surface area contributed by atoms with E-state index in [4.69, 9.17) is 5.73 Å². The van der Waals surface area contributed by atoms with E-state index in [0.29, 0.717) is 0 Å². The Balaban J connectivity index is 3.07. The molecular weight excluding hydrogens is 195 g/mol. The van der Waals surface area contributed by atoms with Gasteiger partial charge in [-0.25, -0.2) is 4.39 Å². The molecule has 15 heavy (non-hydrogen) atoms. The minimum Gasteiger partial charge on any atom is -0.396 e. The van der Waals surface area contributed by atoms with Crippen molar-refractivity contribution in [1.29, 1.82) is 0 Å². The van der Waals surface area contributed by atoms with Crippen LogP contribution in [0.3, 0.4) is 0 Å². The van der Waals surface area contributed by atoms with E-state index >= 15 is 0 Å². The molecule has 0 radical (unpaired) electrons. The van der Waals surface area contributed by atoms with Crippen LogP contribution in [0.15, 0.2) is 18.2 Å². The molecule has 1 amide bonds. The zero-order valence-corrected chi connectivity index (χ0v) is 9.12. The molecule has 0 aliphatic rings. The Hall–Kier alpha value is -1.58. The molecule has 1 aromatic rings. The van der Waals surface area contributed by atoms with Gasteiger partial charge in [-0.3, -0.25) is 4.79 Å². The molecule has 0 heterocycles. The number of hydrogen-bond acceptors (Lipinski definition) is 2. The zero-order chi connectivity index (χ0) is 11.6. The van der Waals surface area contributed by atoms with Crippen molar-refractivity contribution in [3.8, 4) is 0 Å². The summed E-state index contributed by atoms with van der Waals surface area (Å²) in [6.07, 6.45) is 0. The van der Waals surface area contributed by atoms with Gasteiger partial charge in [0.2, 0.25) is 0 Å². The summed E-state index contributed by atoms with van der Waals surface area (Å²) < 4.78 is 13.1. The van der Waals surface area contributed by atoms with Gasteiger partial charge in [-0.1, -0.05) is 6.07 Å². The molecule has 0 atom stereocenters. The summed E-state index contributed by atoms with van der Waals surface area (Å²) in [7, 11) is 1.66. The molecule has 0 saturated heterocycles. The molecule has 0 saturated carbocycles. The largest absolute Gasteiger partial charge is 0.396 e.